The van der Waals surface area contributed by atoms with E-state index >= 15 is 0 Å². The molecule has 0 heterocycles. The second kappa shape index (κ2) is 15.9. The summed E-state index contributed by atoms with van der Waals surface area (Å²) in [6, 6.07) is 10.4. The first kappa shape index (κ1) is 26.1. The lowest BCUT2D eigenvalue weighted by Crippen LogP contribution is -2.20. The number of benzene rings is 1. The van der Waals surface area contributed by atoms with Gasteiger partial charge in [0.1, 0.15) is 0 Å². The number of hydrogen-bond acceptors (Lipinski definition) is 2. The summed E-state index contributed by atoms with van der Waals surface area (Å²) in [4.78, 5) is 0. The van der Waals surface area contributed by atoms with Crippen LogP contribution in [-0.2, 0) is 15.9 Å². The molecule has 0 unspecified atom stereocenters. The second-order valence-electron chi connectivity index (χ2n) is 8.53. The van der Waals surface area contributed by atoms with Gasteiger partial charge in [-0.15, -0.1) is 0 Å². The third kappa shape index (κ3) is 14.1. The second-order valence-corrected chi connectivity index (χ2v) is 8.53. The van der Waals surface area contributed by atoms with Gasteiger partial charge in [0.05, 0.1) is 13.2 Å². The molecule has 0 spiro atoms. The highest BCUT2D eigenvalue weighted by molar-refractivity contribution is 5.15. The third-order valence-corrected chi connectivity index (χ3v) is 4.86. The molecule has 0 N–H and O–H groups in total. The first-order valence-electron chi connectivity index (χ1n) is 11.2. The van der Waals surface area contributed by atoms with Gasteiger partial charge in [0.25, 0.3) is 0 Å². The fraction of sp³-hybridized carbons (Fsp3) is 0.500. The molecule has 1 rings (SSSR count). The average molecular weight is 411 g/mol. The van der Waals surface area contributed by atoms with Gasteiger partial charge < -0.3 is 9.47 Å². The van der Waals surface area contributed by atoms with Gasteiger partial charge in [-0.05, 0) is 72.8 Å². The highest BCUT2D eigenvalue weighted by atomic mass is 16.7. The zero-order valence-electron chi connectivity index (χ0n) is 20.0. The molecule has 0 atom stereocenters. The van der Waals surface area contributed by atoms with Crippen LogP contribution in [0, 0.1) is 0 Å². The molecule has 1 aromatic rings. The fourth-order valence-corrected chi connectivity index (χ4v) is 2.95. The molecule has 2 nitrogen and oxygen atoms in total. The van der Waals surface area contributed by atoms with Crippen LogP contribution in [0.15, 0.2) is 76.9 Å². The molecule has 0 radical (unpaired) electrons. The number of ether oxygens (including phenoxy) is 2. The van der Waals surface area contributed by atoms with Gasteiger partial charge in [0, 0.05) is 6.42 Å². The van der Waals surface area contributed by atoms with Gasteiger partial charge in [0.2, 0.25) is 0 Å². The molecule has 1 aromatic carbocycles. The smallest absolute Gasteiger partial charge is 0.162 e. The maximum absolute atomic E-state index is 6.09. The highest BCUT2D eigenvalue weighted by Gasteiger charge is 2.09. The Hall–Kier alpha value is -1.90. The lowest BCUT2D eigenvalue weighted by Gasteiger charge is -2.18. The summed E-state index contributed by atoms with van der Waals surface area (Å²) in [5, 5.41) is 0. The Morgan fingerprint density at radius 2 is 1.17 bits per heavy atom. The van der Waals surface area contributed by atoms with Gasteiger partial charge in [-0.2, -0.15) is 0 Å². The van der Waals surface area contributed by atoms with E-state index < -0.39 is 0 Å². The Labute approximate surface area is 185 Å². The molecule has 0 saturated carbocycles. The quantitative estimate of drug-likeness (QED) is 0.229. The van der Waals surface area contributed by atoms with Crippen LogP contribution in [0.25, 0.3) is 0 Å². The van der Waals surface area contributed by atoms with E-state index in [4.69, 9.17) is 9.47 Å². The molecule has 0 aliphatic heterocycles. The van der Waals surface area contributed by atoms with Gasteiger partial charge in [-0.3, -0.25) is 0 Å². The predicted octanol–water partition coefficient (Wildman–Crippen LogP) is 7.97. The number of hydrogen-bond donors (Lipinski definition) is 0. The van der Waals surface area contributed by atoms with Crippen molar-refractivity contribution in [2.75, 3.05) is 13.2 Å². The zero-order chi connectivity index (χ0) is 22.2. The Morgan fingerprint density at radius 3 is 1.60 bits per heavy atom. The summed E-state index contributed by atoms with van der Waals surface area (Å²) in [5.74, 6) is 0. The van der Waals surface area contributed by atoms with E-state index in [0.717, 1.165) is 32.1 Å². The van der Waals surface area contributed by atoms with E-state index in [-0.39, 0.29) is 6.29 Å². The minimum Gasteiger partial charge on any atom is -0.348 e. The summed E-state index contributed by atoms with van der Waals surface area (Å²) in [6.07, 6.45) is 13.8. The molecule has 166 valence electrons. The van der Waals surface area contributed by atoms with Crippen molar-refractivity contribution in [1.82, 2.24) is 0 Å². The van der Waals surface area contributed by atoms with E-state index in [0.29, 0.717) is 13.2 Å². The van der Waals surface area contributed by atoms with Gasteiger partial charge in [0.15, 0.2) is 6.29 Å². The average Bonchev–Trinajstić information content (AvgIpc) is 2.68. The summed E-state index contributed by atoms with van der Waals surface area (Å²) < 4.78 is 12.2. The van der Waals surface area contributed by atoms with Crippen LogP contribution in [0.5, 0.6) is 0 Å². The Bertz CT molecular complexity index is 657. The standard InChI is InChI=1S/C28H42O2/c1-23(2)12-10-14-25(5)18-20-29-28(22-27-16-8-7-9-17-27)30-21-19-26(6)15-11-13-24(3)4/h7-9,12-13,16-19,28H,10-11,14-15,20-22H2,1-6H3/b25-18+,26-19+. The van der Waals surface area contributed by atoms with Gasteiger partial charge in [-0.25, -0.2) is 0 Å². The van der Waals surface area contributed by atoms with Gasteiger partial charge >= 0.3 is 0 Å². The van der Waals surface area contributed by atoms with Crippen LogP contribution < -0.4 is 0 Å². The van der Waals surface area contributed by atoms with Crippen molar-refractivity contribution >= 4 is 0 Å². The molecule has 0 saturated heterocycles. The van der Waals surface area contributed by atoms with Crippen LogP contribution in [0.2, 0.25) is 0 Å². The molecule has 0 aliphatic carbocycles. The fourth-order valence-electron chi connectivity index (χ4n) is 2.95. The number of rotatable bonds is 14. The monoisotopic (exact) mass is 410 g/mol. The lowest BCUT2D eigenvalue weighted by atomic mass is 10.1. The zero-order valence-corrected chi connectivity index (χ0v) is 20.0. The van der Waals surface area contributed by atoms with Crippen LogP contribution in [-0.4, -0.2) is 19.5 Å². The van der Waals surface area contributed by atoms with Crippen molar-refractivity contribution in [1.29, 1.82) is 0 Å². The van der Waals surface area contributed by atoms with Crippen molar-refractivity contribution < 1.29 is 9.47 Å². The molecule has 0 bridgehead atoms. The molecule has 2 heteroatoms. The molecular weight excluding hydrogens is 368 g/mol. The topological polar surface area (TPSA) is 18.5 Å². The van der Waals surface area contributed by atoms with Crippen molar-refractivity contribution in [3.05, 3.63) is 82.5 Å². The summed E-state index contributed by atoms with van der Waals surface area (Å²) >= 11 is 0. The van der Waals surface area contributed by atoms with E-state index in [1.807, 2.05) is 6.07 Å². The third-order valence-electron chi connectivity index (χ3n) is 4.86. The Kier molecular flexibility index (Phi) is 13.8. The van der Waals surface area contributed by atoms with Crippen molar-refractivity contribution in [2.45, 2.75) is 79.9 Å². The highest BCUT2D eigenvalue weighted by Crippen LogP contribution is 2.11. The maximum atomic E-state index is 6.09. The van der Waals surface area contributed by atoms with Crippen LogP contribution in [0.4, 0.5) is 0 Å². The van der Waals surface area contributed by atoms with E-state index in [2.05, 4.69) is 90.1 Å². The van der Waals surface area contributed by atoms with Crippen LogP contribution in [0.3, 0.4) is 0 Å². The summed E-state index contributed by atoms with van der Waals surface area (Å²) in [6.45, 7) is 14.1. The van der Waals surface area contributed by atoms with E-state index in [1.54, 1.807) is 0 Å². The lowest BCUT2D eigenvalue weighted by molar-refractivity contribution is -0.125. The molecule has 0 aromatic heterocycles. The first-order chi connectivity index (χ1) is 14.4. The molecule has 0 aliphatic rings. The van der Waals surface area contributed by atoms with Crippen molar-refractivity contribution in [2.24, 2.45) is 0 Å². The molecular formula is C28H42O2. The maximum Gasteiger partial charge on any atom is 0.162 e. The van der Waals surface area contributed by atoms with Crippen LogP contribution in [0.1, 0.15) is 72.8 Å². The summed E-state index contributed by atoms with van der Waals surface area (Å²) in [5.41, 5.74) is 6.71. The van der Waals surface area contributed by atoms with Crippen molar-refractivity contribution in [3.8, 4) is 0 Å². The van der Waals surface area contributed by atoms with Crippen molar-refractivity contribution in [3.63, 3.8) is 0 Å². The molecule has 0 amide bonds. The molecule has 0 fully saturated rings. The largest absolute Gasteiger partial charge is 0.348 e. The number of allylic oxidation sites excluding steroid dienone is 6. The predicted molar refractivity (Wildman–Crippen MR) is 131 cm³/mol. The minimum atomic E-state index is -0.240. The minimum absolute atomic E-state index is 0.240. The molecule has 30 heavy (non-hydrogen) atoms. The van der Waals surface area contributed by atoms with Gasteiger partial charge in [-0.1, -0.05) is 76.9 Å². The SMILES string of the molecule is CC(C)=CCC/C(C)=C/COC(Cc1ccccc1)OC/C=C(\C)CCC=C(C)C. The van der Waals surface area contributed by atoms with E-state index in [9.17, 15) is 0 Å². The van der Waals surface area contributed by atoms with E-state index in [1.165, 1.54) is 27.9 Å². The Balaban J connectivity index is 2.55. The normalized spacial score (nSPS) is 13.1. The summed E-state index contributed by atoms with van der Waals surface area (Å²) in [7, 11) is 0. The Morgan fingerprint density at radius 1 is 0.700 bits per heavy atom. The van der Waals surface area contributed by atoms with Crippen LogP contribution >= 0.6 is 0 Å². The first-order valence-corrected chi connectivity index (χ1v) is 11.2.